The van der Waals surface area contributed by atoms with Gasteiger partial charge in [0.2, 0.25) is 0 Å². The summed E-state index contributed by atoms with van der Waals surface area (Å²) >= 11 is 0. The van der Waals surface area contributed by atoms with E-state index in [4.69, 9.17) is 5.41 Å². The molecular weight excluding hydrogens is 222 g/mol. The van der Waals surface area contributed by atoms with E-state index >= 15 is 0 Å². The molecule has 0 unspecified atom stereocenters. The van der Waals surface area contributed by atoms with E-state index in [-0.39, 0.29) is 0 Å². The van der Waals surface area contributed by atoms with Crippen molar-refractivity contribution in [3.8, 4) is 0 Å². The van der Waals surface area contributed by atoms with E-state index in [0.717, 1.165) is 29.0 Å². The van der Waals surface area contributed by atoms with E-state index in [0.29, 0.717) is 6.42 Å². The van der Waals surface area contributed by atoms with Crippen LogP contribution in [0.2, 0.25) is 0 Å². The van der Waals surface area contributed by atoms with Crippen LogP contribution in [0.5, 0.6) is 0 Å². The van der Waals surface area contributed by atoms with Crippen molar-refractivity contribution in [2.75, 3.05) is 0 Å². The maximum Gasteiger partial charge on any atom is 0.0485 e. The molecule has 0 aromatic heterocycles. The van der Waals surface area contributed by atoms with Gasteiger partial charge in [0.1, 0.15) is 0 Å². The Morgan fingerprint density at radius 1 is 1.39 bits per heavy atom. The van der Waals surface area contributed by atoms with Gasteiger partial charge in [-0.05, 0) is 44.3 Å². The summed E-state index contributed by atoms with van der Waals surface area (Å²) in [6.07, 6.45) is 8.78. The predicted octanol–water partition coefficient (Wildman–Crippen LogP) is 3.97. The number of nitrogens with one attached hydrogen (secondary N) is 2. The molecule has 0 fully saturated rings. The molecule has 0 aliphatic rings. The normalized spacial score (nSPS) is 13.7. The highest BCUT2D eigenvalue weighted by atomic mass is 14.8. The molecule has 0 heterocycles. The molecule has 0 radical (unpaired) electrons. The monoisotopic (exact) mass is 245 g/mol. The maximum atomic E-state index is 7.28. The third-order valence-corrected chi connectivity index (χ3v) is 2.58. The van der Waals surface area contributed by atoms with Crippen LogP contribution in [0.3, 0.4) is 0 Å². The zero-order valence-electron chi connectivity index (χ0n) is 11.6. The number of nitrogens with zero attached hydrogens (tertiary/aromatic N) is 1. The van der Waals surface area contributed by atoms with E-state index in [1.807, 2.05) is 13.8 Å². The van der Waals surface area contributed by atoms with Gasteiger partial charge in [0.05, 0.1) is 0 Å². The molecule has 0 amide bonds. The molecule has 0 saturated heterocycles. The lowest BCUT2D eigenvalue weighted by Gasteiger charge is -2.10. The number of aliphatic imine (C=N–C) groups is 1. The second kappa shape index (κ2) is 9.16. The summed E-state index contributed by atoms with van der Waals surface area (Å²) in [5.74, 6) is 0. The van der Waals surface area contributed by atoms with Gasteiger partial charge >= 0.3 is 0 Å². The van der Waals surface area contributed by atoms with Gasteiger partial charge in [0, 0.05) is 24.0 Å². The summed E-state index contributed by atoms with van der Waals surface area (Å²) in [6.45, 7) is 13.2. The summed E-state index contributed by atoms with van der Waals surface area (Å²) in [6, 6.07) is 0. The van der Waals surface area contributed by atoms with Crippen LogP contribution in [0.25, 0.3) is 0 Å². The topological polar surface area (TPSA) is 48.2 Å². The fourth-order valence-electron chi connectivity index (χ4n) is 1.41. The highest BCUT2D eigenvalue weighted by Gasteiger charge is 2.04. The average Bonchev–Trinajstić information content (AvgIpc) is 2.38. The third-order valence-electron chi connectivity index (χ3n) is 2.58. The van der Waals surface area contributed by atoms with E-state index in [2.05, 4.69) is 42.7 Å². The van der Waals surface area contributed by atoms with Crippen LogP contribution in [-0.4, -0.2) is 12.9 Å². The molecule has 98 valence electrons. The molecule has 0 rings (SSSR count). The minimum atomic E-state index is 0.661. The van der Waals surface area contributed by atoms with Crippen LogP contribution in [0.1, 0.15) is 33.6 Å². The SMILES string of the molecule is C=CN/C(C)=C(/C=C\CC)C/C(N=C)=C(\C)C=N. The molecule has 0 atom stereocenters. The Labute approximate surface area is 110 Å². The molecular formula is C15H23N3. The van der Waals surface area contributed by atoms with E-state index in [1.165, 1.54) is 6.21 Å². The first-order valence-corrected chi connectivity index (χ1v) is 6.01. The Morgan fingerprint density at radius 3 is 2.50 bits per heavy atom. The molecule has 0 aromatic rings. The quantitative estimate of drug-likeness (QED) is 0.493. The van der Waals surface area contributed by atoms with Crippen molar-refractivity contribution in [1.29, 1.82) is 5.41 Å². The average molecular weight is 245 g/mol. The zero-order valence-corrected chi connectivity index (χ0v) is 11.6. The standard InChI is InChI=1S/C15H23N3/c1-6-8-9-14(13(4)18-7-2)10-15(17-5)12(3)11-16/h7-9,11,16,18H,2,5-6,10H2,1,3-4H3/b9-8-,14-13-,15-12-,16-11?. The molecule has 3 heteroatoms. The molecule has 3 nitrogen and oxygen atoms in total. The van der Waals surface area contributed by atoms with Crippen LogP contribution >= 0.6 is 0 Å². The zero-order chi connectivity index (χ0) is 14.0. The lowest BCUT2D eigenvalue weighted by atomic mass is 10.0. The van der Waals surface area contributed by atoms with Gasteiger partial charge < -0.3 is 10.7 Å². The largest absolute Gasteiger partial charge is 0.366 e. The fourth-order valence-corrected chi connectivity index (χ4v) is 1.41. The van der Waals surface area contributed by atoms with Crippen molar-refractivity contribution in [3.05, 3.63) is 47.5 Å². The summed E-state index contributed by atoms with van der Waals surface area (Å²) in [5, 5.41) is 10.4. The van der Waals surface area contributed by atoms with Gasteiger partial charge in [-0.2, -0.15) is 0 Å². The van der Waals surface area contributed by atoms with E-state index in [9.17, 15) is 0 Å². The van der Waals surface area contributed by atoms with Gasteiger partial charge in [-0.15, -0.1) is 0 Å². The predicted molar refractivity (Wildman–Crippen MR) is 81.1 cm³/mol. The van der Waals surface area contributed by atoms with Crippen LogP contribution < -0.4 is 5.32 Å². The van der Waals surface area contributed by atoms with Crippen molar-refractivity contribution < 1.29 is 0 Å². The summed E-state index contributed by atoms with van der Waals surface area (Å²) in [5.41, 5.74) is 3.82. The molecule has 0 aromatic carbocycles. The van der Waals surface area contributed by atoms with Gasteiger partial charge in [-0.25, -0.2) is 0 Å². The molecule has 0 aliphatic heterocycles. The highest BCUT2D eigenvalue weighted by molar-refractivity contribution is 5.76. The number of hydrogen-bond acceptors (Lipinski definition) is 3. The summed E-state index contributed by atoms with van der Waals surface area (Å²) in [4.78, 5) is 4.01. The Balaban J connectivity index is 5.30. The summed E-state index contributed by atoms with van der Waals surface area (Å²) in [7, 11) is 0. The maximum absolute atomic E-state index is 7.28. The van der Waals surface area contributed by atoms with Crippen molar-refractivity contribution >= 4 is 12.9 Å². The van der Waals surface area contributed by atoms with Gasteiger partial charge in [-0.3, -0.25) is 4.99 Å². The first-order valence-electron chi connectivity index (χ1n) is 6.01. The lowest BCUT2D eigenvalue weighted by molar-refractivity contribution is 0.981. The number of rotatable bonds is 8. The van der Waals surface area contributed by atoms with E-state index < -0.39 is 0 Å². The molecule has 18 heavy (non-hydrogen) atoms. The Morgan fingerprint density at radius 2 is 2.06 bits per heavy atom. The number of allylic oxidation sites excluding steroid dienone is 5. The van der Waals surface area contributed by atoms with Crippen LogP contribution in [-0.2, 0) is 0 Å². The Hall–Kier alpha value is -1.90. The molecule has 0 aliphatic carbocycles. The molecule has 0 saturated carbocycles. The smallest absolute Gasteiger partial charge is 0.0485 e. The molecule has 0 spiro atoms. The van der Waals surface area contributed by atoms with E-state index in [1.54, 1.807) is 6.20 Å². The number of hydrogen-bond donors (Lipinski definition) is 2. The van der Waals surface area contributed by atoms with Gasteiger partial charge in [0.25, 0.3) is 0 Å². The second-order valence-electron chi connectivity index (χ2n) is 3.92. The van der Waals surface area contributed by atoms with Crippen molar-refractivity contribution in [3.63, 3.8) is 0 Å². The van der Waals surface area contributed by atoms with Crippen LogP contribution in [0, 0.1) is 5.41 Å². The van der Waals surface area contributed by atoms with Gasteiger partial charge in [0.15, 0.2) is 0 Å². The Bertz CT molecular complexity index is 398. The first-order chi connectivity index (χ1) is 8.60. The fraction of sp³-hybridized carbons (Fsp3) is 0.333. The van der Waals surface area contributed by atoms with Crippen LogP contribution in [0.15, 0.2) is 52.5 Å². The third kappa shape index (κ3) is 5.43. The van der Waals surface area contributed by atoms with Crippen molar-refractivity contribution in [2.24, 2.45) is 4.99 Å². The minimum Gasteiger partial charge on any atom is -0.366 e. The second-order valence-corrected chi connectivity index (χ2v) is 3.92. The van der Waals surface area contributed by atoms with Crippen LogP contribution in [0.4, 0.5) is 0 Å². The lowest BCUT2D eigenvalue weighted by Crippen LogP contribution is -2.04. The minimum absolute atomic E-state index is 0.661. The van der Waals surface area contributed by atoms with Crippen molar-refractivity contribution in [1.82, 2.24) is 5.32 Å². The van der Waals surface area contributed by atoms with Gasteiger partial charge in [-0.1, -0.05) is 25.7 Å². The summed E-state index contributed by atoms with van der Waals surface area (Å²) < 4.78 is 0. The first kappa shape index (κ1) is 16.1. The van der Waals surface area contributed by atoms with Crippen molar-refractivity contribution in [2.45, 2.75) is 33.6 Å². The Kier molecular flexibility index (Phi) is 8.20. The molecule has 0 bridgehead atoms. The highest BCUT2D eigenvalue weighted by Crippen LogP contribution is 2.19. The molecule has 2 N–H and O–H groups in total.